The zero-order valence-corrected chi connectivity index (χ0v) is 13.2. The first kappa shape index (κ1) is 16.4. The Balaban J connectivity index is 1.97. The molecule has 1 aromatic rings. The number of nitro benzene ring substituents is 1. The highest BCUT2D eigenvalue weighted by atomic mass is 16.6. The number of nitrogens with zero attached hydrogens (tertiary/aromatic N) is 2. The van der Waals surface area contributed by atoms with Gasteiger partial charge in [0.15, 0.2) is 0 Å². The summed E-state index contributed by atoms with van der Waals surface area (Å²) in [7, 11) is 1.97. The molecule has 0 saturated heterocycles. The summed E-state index contributed by atoms with van der Waals surface area (Å²) in [6, 6.07) is 5.19. The second kappa shape index (κ2) is 7.35. The van der Waals surface area contributed by atoms with Gasteiger partial charge in [-0.15, -0.1) is 0 Å². The number of carbonyl (C=O) groups is 1. The Morgan fingerprint density at radius 3 is 2.68 bits per heavy atom. The number of anilines is 1. The molecule has 2 rings (SSSR count). The maximum atomic E-state index is 12.2. The SMILES string of the molecule is Cc1c(NC(=O)CN(C)C2CCCCC2)cccc1[N+](=O)[O-]. The summed E-state index contributed by atoms with van der Waals surface area (Å²) < 4.78 is 0. The largest absolute Gasteiger partial charge is 0.324 e. The molecule has 1 aliphatic rings. The van der Waals surface area contributed by atoms with Crippen LogP contribution in [0.15, 0.2) is 18.2 Å². The molecule has 22 heavy (non-hydrogen) atoms. The first-order valence-corrected chi connectivity index (χ1v) is 7.73. The van der Waals surface area contributed by atoms with Gasteiger partial charge in [-0.3, -0.25) is 19.8 Å². The number of rotatable bonds is 5. The minimum Gasteiger partial charge on any atom is -0.324 e. The molecule has 0 aromatic heterocycles. The predicted molar refractivity (Wildman–Crippen MR) is 86.0 cm³/mol. The van der Waals surface area contributed by atoms with Crippen molar-refractivity contribution >= 4 is 17.3 Å². The molecule has 120 valence electrons. The Hall–Kier alpha value is -1.95. The predicted octanol–water partition coefficient (Wildman–Crippen LogP) is 3.11. The van der Waals surface area contributed by atoms with E-state index >= 15 is 0 Å². The second-order valence-corrected chi connectivity index (χ2v) is 5.96. The molecule has 6 nitrogen and oxygen atoms in total. The zero-order valence-electron chi connectivity index (χ0n) is 13.2. The number of hydrogen-bond donors (Lipinski definition) is 1. The van der Waals surface area contributed by atoms with Crippen LogP contribution >= 0.6 is 0 Å². The van der Waals surface area contributed by atoms with Crippen LogP contribution in [0.1, 0.15) is 37.7 Å². The Kier molecular flexibility index (Phi) is 5.49. The molecule has 0 atom stereocenters. The van der Waals surface area contributed by atoms with E-state index in [1.54, 1.807) is 19.1 Å². The van der Waals surface area contributed by atoms with E-state index in [0.29, 0.717) is 23.8 Å². The van der Waals surface area contributed by atoms with Crippen molar-refractivity contribution in [3.05, 3.63) is 33.9 Å². The minimum atomic E-state index is -0.431. The van der Waals surface area contributed by atoms with Gasteiger partial charge in [0.1, 0.15) is 0 Å². The number of nitrogens with one attached hydrogen (secondary N) is 1. The first-order chi connectivity index (χ1) is 10.5. The molecule has 0 radical (unpaired) electrons. The Labute approximate surface area is 130 Å². The highest BCUT2D eigenvalue weighted by Gasteiger charge is 2.20. The van der Waals surface area contributed by atoms with Crippen LogP contribution in [0.25, 0.3) is 0 Å². The lowest BCUT2D eigenvalue weighted by atomic mass is 9.94. The van der Waals surface area contributed by atoms with Crippen LogP contribution in [0.4, 0.5) is 11.4 Å². The first-order valence-electron chi connectivity index (χ1n) is 7.73. The van der Waals surface area contributed by atoms with E-state index in [1.807, 2.05) is 7.05 Å². The monoisotopic (exact) mass is 305 g/mol. The minimum absolute atomic E-state index is 0.0263. The summed E-state index contributed by atoms with van der Waals surface area (Å²) >= 11 is 0. The van der Waals surface area contributed by atoms with Crippen molar-refractivity contribution in [3.8, 4) is 0 Å². The van der Waals surface area contributed by atoms with Crippen molar-refractivity contribution in [3.63, 3.8) is 0 Å². The van der Waals surface area contributed by atoms with E-state index in [4.69, 9.17) is 0 Å². The van der Waals surface area contributed by atoms with Crippen molar-refractivity contribution in [1.29, 1.82) is 0 Å². The van der Waals surface area contributed by atoms with Gasteiger partial charge in [-0.2, -0.15) is 0 Å². The van der Waals surface area contributed by atoms with Crippen LogP contribution < -0.4 is 5.32 Å². The highest BCUT2D eigenvalue weighted by Crippen LogP contribution is 2.25. The summed E-state index contributed by atoms with van der Waals surface area (Å²) in [5, 5.41) is 13.7. The van der Waals surface area contributed by atoms with Gasteiger partial charge in [0.05, 0.1) is 22.7 Å². The molecule has 0 bridgehead atoms. The molecule has 1 aromatic carbocycles. The van der Waals surface area contributed by atoms with Crippen LogP contribution in [0.2, 0.25) is 0 Å². The number of carbonyl (C=O) groups excluding carboxylic acids is 1. The highest BCUT2D eigenvalue weighted by molar-refractivity contribution is 5.93. The average Bonchev–Trinajstić information content (AvgIpc) is 2.50. The normalized spacial score (nSPS) is 15.8. The Bertz CT molecular complexity index is 554. The zero-order chi connectivity index (χ0) is 16.1. The third-order valence-electron chi connectivity index (χ3n) is 4.37. The summed E-state index contributed by atoms with van der Waals surface area (Å²) in [5.41, 5.74) is 1.02. The maximum Gasteiger partial charge on any atom is 0.274 e. The lowest BCUT2D eigenvalue weighted by Crippen LogP contribution is -2.39. The Morgan fingerprint density at radius 2 is 2.05 bits per heavy atom. The third kappa shape index (κ3) is 4.04. The molecule has 0 aliphatic heterocycles. The van der Waals surface area contributed by atoms with Gasteiger partial charge >= 0.3 is 0 Å². The van der Waals surface area contributed by atoms with Crippen LogP contribution in [0, 0.1) is 17.0 Å². The molecule has 0 heterocycles. The lowest BCUT2D eigenvalue weighted by Gasteiger charge is -2.30. The van der Waals surface area contributed by atoms with Crippen molar-refractivity contribution in [2.75, 3.05) is 18.9 Å². The van der Waals surface area contributed by atoms with E-state index in [-0.39, 0.29) is 11.6 Å². The average molecular weight is 305 g/mol. The molecule has 1 N–H and O–H groups in total. The fourth-order valence-corrected chi connectivity index (χ4v) is 3.02. The van der Waals surface area contributed by atoms with E-state index in [2.05, 4.69) is 10.2 Å². The van der Waals surface area contributed by atoms with Crippen LogP contribution in [-0.4, -0.2) is 35.4 Å². The molecule has 0 unspecified atom stereocenters. The van der Waals surface area contributed by atoms with E-state index in [1.165, 1.54) is 25.3 Å². The van der Waals surface area contributed by atoms with E-state index in [0.717, 1.165) is 12.8 Å². The van der Waals surface area contributed by atoms with Crippen LogP contribution in [0.3, 0.4) is 0 Å². The van der Waals surface area contributed by atoms with Crippen LogP contribution in [-0.2, 0) is 4.79 Å². The molecular formula is C16H23N3O3. The lowest BCUT2D eigenvalue weighted by molar-refractivity contribution is -0.385. The number of nitro groups is 1. The standard InChI is InChI=1S/C16H23N3O3/c1-12-14(9-6-10-15(12)19(21)22)17-16(20)11-18(2)13-7-4-3-5-8-13/h6,9-10,13H,3-5,7-8,11H2,1-2H3,(H,17,20). The number of hydrogen-bond acceptors (Lipinski definition) is 4. The quantitative estimate of drug-likeness (QED) is 0.670. The smallest absolute Gasteiger partial charge is 0.274 e. The number of amides is 1. The van der Waals surface area contributed by atoms with Gasteiger partial charge in [0, 0.05) is 12.1 Å². The fraction of sp³-hybridized carbons (Fsp3) is 0.562. The maximum absolute atomic E-state index is 12.2. The van der Waals surface area contributed by atoms with Gasteiger partial charge in [0.2, 0.25) is 5.91 Å². The molecule has 1 fully saturated rings. The molecule has 1 aliphatic carbocycles. The molecule has 1 saturated carbocycles. The van der Waals surface area contributed by atoms with Crippen molar-refractivity contribution in [2.45, 2.75) is 45.1 Å². The van der Waals surface area contributed by atoms with E-state index < -0.39 is 4.92 Å². The number of benzene rings is 1. The van der Waals surface area contributed by atoms with Gasteiger partial charge in [-0.05, 0) is 32.9 Å². The van der Waals surface area contributed by atoms with Crippen molar-refractivity contribution in [1.82, 2.24) is 4.90 Å². The summed E-state index contributed by atoms with van der Waals surface area (Å²) in [4.78, 5) is 24.8. The molecular weight excluding hydrogens is 282 g/mol. The van der Waals surface area contributed by atoms with E-state index in [9.17, 15) is 14.9 Å². The molecule has 6 heteroatoms. The van der Waals surface area contributed by atoms with Gasteiger partial charge < -0.3 is 5.32 Å². The van der Waals surface area contributed by atoms with Crippen LogP contribution in [0.5, 0.6) is 0 Å². The summed E-state index contributed by atoms with van der Waals surface area (Å²) in [5.74, 6) is -0.128. The van der Waals surface area contributed by atoms with Gasteiger partial charge in [-0.25, -0.2) is 0 Å². The summed E-state index contributed by atoms with van der Waals surface area (Å²) in [6.45, 7) is 1.96. The second-order valence-electron chi connectivity index (χ2n) is 5.96. The van der Waals surface area contributed by atoms with Crippen molar-refractivity contribution < 1.29 is 9.72 Å². The summed E-state index contributed by atoms with van der Waals surface area (Å²) in [6.07, 6.45) is 6.00. The third-order valence-corrected chi connectivity index (χ3v) is 4.37. The molecule has 1 amide bonds. The van der Waals surface area contributed by atoms with Crippen molar-refractivity contribution in [2.24, 2.45) is 0 Å². The molecule has 0 spiro atoms. The van der Waals surface area contributed by atoms with Gasteiger partial charge in [-0.1, -0.05) is 25.3 Å². The fourth-order valence-electron chi connectivity index (χ4n) is 3.02. The number of likely N-dealkylation sites (N-methyl/N-ethyl adjacent to an activating group) is 1. The van der Waals surface area contributed by atoms with Gasteiger partial charge in [0.25, 0.3) is 5.69 Å². The Morgan fingerprint density at radius 1 is 1.36 bits per heavy atom. The topological polar surface area (TPSA) is 75.5 Å².